The highest BCUT2D eigenvalue weighted by molar-refractivity contribution is 5.80. The highest BCUT2D eigenvalue weighted by atomic mass is 19.1. The second-order valence-corrected chi connectivity index (χ2v) is 7.62. The van der Waals surface area contributed by atoms with E-state index in [1.807, 2.05) is 6.92 Å². The van der Waals surface area contributed by atoms with E-state index in [1.165, 1.54) is 12.1 Å². The largest absolute Gasteiger partial charge is 0.357 e. The van der Waals surface area contributed by atoms with E-state index >= 15 is 0 Å². The van der Waals surface area contributed by atoms with Crippen molar-refractivity contribution < 1.29 is 9.18 Å². The van der Waals surface area contributed by atoms with Crippen LogP contribution in [0.25, 0.3) is 0 Å². The number of amides is 1. The fraction of sp³-hybridized carbons (Fsp3) is 0.636. The normalized spacial score (nSPS) is 12.0. The first-order valence-corrected chi connectivity index (χ1v) is 10.6. The molecule has 0 unspecified atom stereocenters. The molecule has 0 saturated carbocycles. The van der Waals surface area contributed by atoms with Crippen molar-refractivity contribution in [3.8, 4) is 0 Å². The van der Waals surface area contributed by atoms with Gasteiger partial charge in [-0.2, -0.15) is 0 Å². The molecule has 29 heavy (non-hydrogen) atoms. The van der Waals surface area contributed by atoms with Crippen molar-refractivity contribution in [3.63, 3.8) is 0 Å². The van der Waals surface area contributed by atoms with Gasteiger partial charge in [-0.3, -0.25) is 14.7 Å². The maximum Gasteiger partial charge on any atom is 0.224 e. The molecule has 1 aromatic carbocycles. The van der Waals surface area contributed by atoms with Crippen LogP contribution in [0.15, 0.2) is 29.3 Å². The van der Waals surface area contributed by atoms with Crippen LogP contribution in [0.5, 0.6) is 0 Å². The van der Waals surface area contributed by atoms with Crippen molar-refractivity contribution in [1.82, 2.24) is 20.9 Å². The predicted octanol–water partition coefficient (Wildman–Crippen LogP) is 2.55. The van der Waals surface area contributed by atoms with Crippen LogP contribution < -0.4 is 16.0 Å². The summed E-state index contributed by atoms with van der Waals surface area (Å²) < 4.78 is 12.9. The molecule has 3 N–H and O–H groups in total. The van der Waals surface area contributed by atoms with E-state index in [-0.39, 0.29) is 18.1 Å². The maximum atomic E-state index is 12.9. The van der Waals surface area contributed by atoms with Crippen molar-refractivity contribution in [2.75, 3.05) is 32.7 Å². The number of nitrogens with zero attached hydrogens (tertiary/aromatic N) is 2. The number of aliphatic imine (C=N–C) groups is 1. The number of halogens is 1. The minimum atomic E-state index is -0.297. The standard InChI is InChI=1S/C22H38FN5O/c1-6-24-22(26-12-7-15-28(17(2)3)18(4)5)27-14-13-25-21(29)16-19-8-10-20(23)11-9-19/h8-11,17-18H,6-7,12-16H2,1-5H3,(H,25,29)(H2,24,26,27). The molecule has 0 fully saturated rings. The van der Waals surface area contributed by atoms with Gasteiger partial charge in [-0.05, 0) is 58.7 Å². The Morgan fingerprint density at radius 3 is 2.24 bits per heavy atom. The Kier molecular flexibility index (Phi) is 12.0. The zero-order chi connectivity index (χ0) is 21.6. The lowest BCUT2D eigenvalue weighted by Gasteiger charge is -2.30. The van der Waals surface area contributed by atoms with Crippen LogP contribution in [-0.4, -0.2) is 61.6 Å². The Balaban J connectivity index is 2.31. The Bertz CT molecular complexity index is 608. The summed E-state index contributed by atoms with van der Waals surface area (Å²) in [7, 11) is 0. The topological polar surface area (TPSA) is 68.8 Å². The van der Waals surface area contributed by atoms with Crippen molar-refractivity contribution in [3.05, 3.63) is 35.6 Å². The average molecular weight is 408 g/mol. The minimum absolute atomic E-state index is 0.0807. The van der Waals surface area contributed by atoms with Gasteiger partial charge in [-0.1, -0.05) is 12.1 Å². The molecule has 0 atom stereocenters. The van der Waals surface area contributed by atoms with E-state index in [0.717, 1.165) is 37.6 Å². The fourth-order valence-corrected chi connectivity index (χ4v) is 3.13. The molecular formula is C22H38FN5O. The number of hydrogen-bond acceptors (Lipinski definition) is 3. The molecule has 1 rings (SSSR count). The lowest BCUT2D eigenvalue weighted by Crippen LogP contribution is -2.42. The number of carbonyl (C=O) groups excluding carboxylic acids is 1. The molecule has 0 aromatic heterocycles. The van der Waals surface area contributed by atoms with Crippen LogP contribution in [0.4, 0.5) is 4.39 Å². The molecule has 7 heteroatoms. The van der Waals surface area contributed by atoms with Crippen molar-refractivity contribution >= 4 is 11.9 Å². The summed E-state index contributed by atoms with van der Waals surface area (Å²) in [6, 6.07) is 7.05. The summed E-state index contributed by atoms with van der Waals surface area (Å²) >= 11 is 0. The fourth-order valence-electron chi connectivity index (χ4n) is 3.13. The molecular weight excluding hydrogens is 369 g/mol. The first-order valence-electron chi connectivity index (χ1n) is 10.6. The van der Waals surface area contributed by atoms with Crippen LogP contribution in [0.2, 0.25) is 0 Å². The first-order chi connectivity index (χ1) is 13.8. The molecule has 0 spiro atoms. The van der Waals surface area contributed by atoms with Gasteiger partial charge in [-0.15, -0.1) is 0 Å². The third kappa shape index (κ3) is 10.8. The third-order valence-electron chi connectivity index (χ3n) is 4.53. The van der Waals surface area contributed by atoms with Crippen molar-refractivity contribution in [1.29, 1.82) is 0 Å². The van der Waals surface area contributed by atoms with Crippen LogP contribution in [0.3, 0.4) is 0 Å². The number of benzene rings is 1. The molecule has 6 nitrogen and oxygen atoms in total. The van der Waals surface area contributed by atoms with Gasteiger partial charge in [-0.25, -0.2) is 4.39 Å². The molecule has 0 saturated heterocycles. The van der Waals surface area contributed by atoms with Crippen LogP contribution >= 0.6 is 0 Å². The summed E-state index contributed by atoms with van der Waals surface area (Å²) in [5.74, 6) is 0.387. The van der Waals surface area contributed by atoms with Crippen molar-refractivity contribution in [2.24, 2.45) is 4.99 Å². The van der Waals surface area contributed by atoms with Gasteiger partial charge in [0.25, 0.3) is 0 Å². The maximum absolute atomic E-state index is 12.9. The molecule has 0 aliphatic carbocycles. The molecule has 0 bridgehead atoms. The summed E-state index contributed by atoms with van der Waals surface area (Å²) in [6.45, 7) is 14.6. The third-order valence-corrected chi connectivity index (χ3v) is 4.53. The summed E-state index contributed by atoms with van der Waals surface area (Å²) in [4.78, 5) is 19.1. The summed E-state index contributed by atoms with van der Waals surface area (Å²) in [5, 5.41) is 9.33. The Labute approximate surface area is 175 Å². The molecule has 0 heterocycles. The van der Waals surface area contributed by atoms with E-state index in [9.17, 15) is 9.18 Å². The molecule has 0 aliphatic heterocycles. The van der Waals surface area contributed by atoms with Gasteiger partial charge in [0.2, 0.25) is 5.91 Å². The highest BCUT2D eigenvalue weighted by Crippen LogP contribution is 2.05. The molecule has 1 amide bonds. The van der Waals surface area contributed by atoms with E-state index in [2.05, 4.69) is 53.5 Å². The van der Waals surface area contributed by atoms with Gasteiger partial charge in [0, 0.05) is 44.8 Å². The Morgan fingerprint density at radius 2 is 1.66 bits per heavy atom. The Morgan fingerprint density at radius 1 is 1.03 bits per heavy atom. The van der Waals surface area contributed by atoms with Gasteiger partial charge < -0.3 is 16.0 Å². The van der Waals surface area contributed by atoms with E-state index in [4.69, 9.17) is 0 Å². The first kappa shape index (κ1) is 24.9. The van der Waals surface area contributed by atoms with E-state index in [1.54, 1.807) is 12.1 Å². The number of nitrogens with one attached hydrogen (secondary N) is 3. The molecule has 1 aromatic rings. The zero-order valence-corrected chi connectivity index (χ0v) is 18.6. The molecule has 0 radical (unpaired) electrons. The number of guanidine groups is 1. The van der Waals surface area contributed by atoms with E-state index < -0.39 is 0 Å². The quantitative estimate of drug-likeness (QED) is 0.283. The number of carbonyl (C=O) groups is 1. The summed E-state index contributed by atoms with van der Waals surface area (Å²) in [6.07, 6.45) is 1.25. The smallest absolute Gasteiger partial charge is 0.224 e. The van der Waals surface area contributed by atoms with E-state index in [0.29, 0.717) is 25.2 Å². The van der Waals surface area contributed by atoms with Crippen molar-refractivity contribution in [2.45, 2.75) is 59.5 Å². The van der Waals surface area contributed by atoms with Gasteiger partial charge >= 0.3 is 0 Å². The molecule has 164 valence electrons. The Hall–Kier alpha value is -2.15. The zero-order valence-electron chi connectivity index (χ0n) is 18.6. The number of hydrogen-bond donors (Lipinski definition) is 3. The second kappa shape index (κ2) is 13.9. The summed E-state index contributed by atoms with van der Waals surface area (Å²) in [5.41, 5.74) is 0.795. The second-order valence-electron chi connectivity index (χ2n) is 7.62. The highest BCUT2D eigenvalue weighted by Gasteiger charge is 2.12. The van der Waals surface area contributed by atoms with Crippen LogP contribution in [0, 0.1) is 5.82 Å². The minimum Gasteiger partial charge on any atom is -0.357 e. The average Bonchev–Trinajstić information content (AvgIpc) is 2.66. The van der Waals surface area contributed by atoms with Crippen LogP contribution in [-0.2, 0) is 11.2 Å². The van der Waals surface area contributed by atoms with Gasteiger partial charge in [0.15, 0.2) is 5.96 Å². The SMILES string of the molecule is CCNC(=NCCCN(C(C)C)C(C)C)NCCNC(=O)Cc1ccc(F)cc1. The van der Waals surface area contributed by atoms with Crippen LogP contribution in [0.1, 0.15) is 46.6 Å². The molecule has 0 aliphatic rings. The lowest BCUT2D eigenvalue weighted by atomic mass is 10.1. The monoisotopic (exact) mass is 407 g/mol. The predicted molar refractivity (Wildman–Crippen MR) is 119 cm³/mol. The lowest BCUT2D eigenvalue weighted by molar-refractivity contribution is -0.120. The van der Waals surface area contributed by atoms with Gasteiger partial charge in [0.1, 0.15) is 5.82 Å². The number of rotatable bonds is 12. The van der Waals surface area contributed by atoms with Gasteiger partial charge in [0.05, 0.1) is 6.42 Å².